The van der Waals surface area contributed by atoms with Crippen molar-refractivity contribution in [2.45, 2.75) is 32.0 Å². The number of nitrogens with zero attached hydrogens (tertiary/aromatic N) is 3. The first-order valence-electron chi connectivity index (χ1n) is 8.08. The Morgan fingerprint density at radius 3 is 2.52 bits per heavy atom. The highest BCUT2D eigenvalue weighted by molar-refractivity contribution is 5.69. The van der Waals surface area contributed by atoms with E-state index < -0.39 is 17.7 Å². The van der Waals surface area contributed by atoms with Gasteiger partial charge in [0.1, 0.15) is 0 Å². The van der Waals surface area contributed by atoms with Gasteiger partial charge in [0.25, 0.3) is 0 Å². The fraction of sp³-hybridized carbons (Fsp3) is 0.529. The van der Waals surface area contributed by atoms with Crippen molar-refractivity contribution in [2.24, 2.45) is 0 Å². The lowest BCUT2D eigenvalue weighted by Gasteiger charge is -2.39. The lowest BCUT2D eigenvalue weighted by atomic mass is 10.00. The van der Waals surface area contributed by atoms with E-state index in [9.17, 15) is 18.0 Å². The molecule has 136 valence electrons. The van der Waals surface area contributed by atoms with Crippen molar-refractivity contribution >= 4 is 11.7 Å². The van der Waals surface area contributed by atoms with Gasteiger partial charge in [-0.25, -0.2) is 0 Å². The summed E-state index contributed by atoms with van der Waals surface area (Å²) >= 11 is 0. The molecule has 0 amide bonds. The Kier molecular flexibility index (Phi) is 5.90. The summed E-state index contributed by atoms with van der Waals surface area (Å²) < 4.78 is 39.8. The summed E-state index contributed by atoms with van der Waals surface area (Å²) in [7, 11) is 0. The number of hydrogen-bond acceptors (Lipinski definition) is 4. The number of aliphatic carboxylic acids is 1. The molecule has 2 rings (SSSR count). The largest absolute Gasteiger partial charge is 0.480 e. The number of alkyl halides is 3. The molecule has 1 N–H and O–H groups in total. The maximum atomic E-state index is 13.3. The van der Waals surface area contributed by atoms with Crippen LogP contribution in [0.4, 0.5) is 18.9 Å². The predicted molar refractivity (Wildman–Crippen MR) is 86.3 cm³/mol. The monoisotopic (exact) mass is 355 g/mol. The van der Waals surface area contributed by atoms with Gasteiger partial charge in [0.2, 0.25) is 0 Å². The lowest BCUT2D eigenvalue weighted by molar-refractivity contribution is -0.139. The second-order valence-corrected chi connectivity index (χ2v) is 6.02. The van der Waals surface area contributed by atoms with E-state index in [4.69, 9.17) is 10.4 Å². The third-order valence-electron chi connectivity index (χ3n) is 4.50. The molecule has 25 heavy (non-hydrogen) atoms. The Labute approximate surface area is 144 Å². The molecule has 1 fully saturated rings. The van der Waals surface area contributed by atoms with Crippen LogP contribution in [-0.2, 0) is 11.0 Å². The molecule has 1 aliphatic heterocycles. The average Bonchev–Trinajstić information content (AvgIpc) is 2.58. The van der Waals surface area contributed by atoms with Crippen LogP contribution in [0.15, 0.2) is 18.2 Å². The third-order valence-corrected chi connectivity index (χ3v) is 4.50. The van der Waals surface area contributed by atoms with Crippen LogP contribution in [-0.4, -0.2) is 48.2 Å². The fourth-order valence-electron chi connectivity index (χ4n) is 3.25. The molecule has 0 bridgehead atoms. The molecule has 0 atom stereocenters. The van der Waals surface area contributed by atoms with Gasteiger partial charge in [-0.1, -0.05) is 6.92 Å². The third kappa shape index (κ3) is 4.63. The van der Waals surface area contributed by atoms with Crippen molar-refractivity contribution in [1.82, 2.24) is 4.90 Å². The number of carboxylic acid groups (broad SMARTS) is 1. The van der Waals surface area contributed by atoms with Gasteiger partial charge in [0.05, 0.1) is 29.4 Å². The van der Waals surface area contributed by atoms with Crippen molar-refractivity contribution in [3.63, 3.8) is 0 Å². The highest BCUT2D eigenvalue weighted by Crippen LogP contribution is 2.38. The van der Waals surface area contributed by atoms with E-state index in [1.54, 1.807) is 4.90 Å². The van der Waals surface area contributed by atoms with Crippen molar-refractivity contribution in [3.8, 4) is 6.07 Å². The summed E-state index contributed by atoms with van der Waals surface area (Å²) in [6.45, 7) is 3.15. The highest BCUT2D eigenvalue weighted by atomic mass is 19.4. The Morgan fingerprint density at radius 2 is 2.04 bits per heavy atom. The maximum Gasteiger partial charge on any atom is 0.418 e. The molecular weight excluding hydrogens is 335 g/mol. The second-order valence-electron chi connectivity index (χ2n) is 6.02. The first kappa shape index (κ1) is 19.1. The normalized spacial score (nSPS) is 16.1. The standard InChI is InChI=1S/C17H20F3N3O2/c1-2-22(11-16(24)25)13-5-7-23(8-6-13)15-9-12(10-21)3-4-14(15)17(18,19)20/h3-4,9,13H,2,5-8,11H2,1H3,(H,24,25). The second kappa shape index (κ2) is 7.74. The van der Waals surface area contributed by atoms with Gasteiger partial charge >= 0.3 is 12.1 Å². The molecule has 0 aliphatic carbocycles. The van der Waals surface area contributed by atoms with Gasteiger partial charge in [-0.3, -0.25) is 9.69 Å². The lowest BCUT2D eigenvalue weighted by Crippen LogP contribution is -2.47. The van der Waals surface area contributed by atoms with Gasteiger partial charge in [-0.2, -0.15) is 18.4 Å². The van der Waals surface area contributed by atoms with E-state index in [1.165, 1.54) is 12.1 Å². The highest BCUT2D eigenvalue weighted by Gasteiger charge is 2.36. The van der Waals surface area contributed by atoms with Gasteiger partial charge in [-0.15, -0.1) is 0 Å². The molecular formula is C17H20F3N3O2. The molecule has 1 aromatic rings. The number of likely N-dealkylation sites (N-methyl/N-ethyl adjacent to an activating group) is 1. The van der Waals surface area contributed by atoms with E-state index in [-0.39, 0.29) is 23.8 Å². The first-order valence-corrected chi connectivity index (χ1v) is 8.08. The van der Waals surface area contributed by atoms with E-state index in [0.29, 0.717) is 32.5 Å². The number of nitriles is 1. The quantitative estimate of drug-likeness (QED) is 0.880. The smallest absolute Gasteiger partial charge is 0.418 e. The van der Waals surface area contributed by atoms with Crippen LogP contribution in [0.25, 0.3) is 0 Å². The number of benzene rings is 1. The summed E-state index contributed by atoms with van der Waals surface area (Å²) in [6.07, 6.45) is -3.33. The number of anilines is 1. The van der Waals surface area contributed by atoms with Crippen molar-refractivity contribution in [1.29, 1.82) is 5.26 Å². The van der Waals surface area contributed by atoms with Crippen LogP contribution in [0.5, 0.6) is 0 Å². The number of hydrogen-bond donors (Lipinski definition) is 1. The van der Waals surface area contributed by atoms with Gasteiger partial charge in [-0.05, 0) is 37.6 Å². The average molecular weight is 355 g/mol. The van der Waals surface area contributed by atoms with Gasteiger partial charge < -0.3 is 10.0 Å². The van der Waals surface area contributed by atoms with Crippen molar-refractivity contribution < 1.29 is 23.1 Å². The Hall–Kier alpha value is -2.27. The Bertz CT molecular complexity index is 662. The Morgan fingerprint density at radius 1 is 1.40 bits per heavy atom. The molecule has 0 radical (unpaired) electrons. The zero-order valence-corrected chi connectivity index (χ0v) is 13.9. The molecule has 8 heteroatoms. The number of rotatable bonds is 5. The molecule has 1 heterocycles. The zero-order valence-electron chi connectivity index (χ0n) is 13.9. The number of piperidine rings is 1. The van der Waals surface area contributed by atoms with Crippen molar-refractivity contribution in [2.75, 3.05) is 31.1 Å². The van der Waals surface area contributed by atoms with E-state index in [2.05, 4.69) is 0 Å². The zero-order chi connectivity index (χ0) is 18.6. The molecule has 0 spiro atoms. The Balaban J connectivity index is 2.17. The summed E-state index contributed by atoms with van der Waals surface area (Å²) in [5.74, 6) is -0.912. The summed E-state index contributed by atoms with van der Waals surface area (Å²) in [5, 5.41) is 17.9. The van der Waals surface area contributed by atoms with Crippen LogP contribution in [0.3, 0.4) is 0 Å². The minimum atomic E-state index is -4.49. The fourth-order valence-corrected chi connectivity index (χ4v) is 3.25. The van der Waals surface area contributed by atoms with Crippen LogP contribution in [0.2, 0.25) is 0 Å². The molecule has 1 saturated heterocycles. The van der Waals surface area contributed by atoms with Crippen LogP contribution in [0.1, 0.15) is 30.9 Å². The molecule has 0 saturated carbocycles. The summed E-state index contributed by atoms with van der Waals surface area (Å²) in [5.41, 5.74) is -0.541. The SMILES string of the molecule is CCN(CC(=O)O)C1CCN(c2cc(C#N)ccc2C(F)(F)F)CC1. The molecule has 0 unspecified atom stereocenters. The topological polar surface area (TPSA) is 67.6 Å². The molecule has 1 aliphatic rings. The minimum absolute atomic E-state index is 0.0197. The predicted octanol–water partition coefficient (Wildman–Crippen LogP) is 2.95. The maximum absolute atomic E-state index is 13.3. The van der Waals surface area contributed by atoms with E-state index in [1.807, 2.05) is 17.9 Å². The number of halogens is 3. The molecule has 5 nitrogen and oxygen atoms in total. The number of carboxylic acids is 1. The summed E-state index contributed by atoms with van der Waals surface area (Å²) in [4.78, 5) is 14.4. The van der Waals surface area contributed by atoms with E-state index in [0.717, 1.165) is 6.07 Å². The van der Waals surface area contributed by atoms with Crippen LogP contribution in [0, 0.1) is 11.3 Å². The van der Waals surface area contributed by atoms with Crippen molar-refractivity contribution in [3.05, 3.63) is 29.3 Å². The van der Waals surface area contributed by atoms with Gasteiger partial charge in [0.15, 0.2) is 0 Å². The van der Waals surface area contributed by atoms with Gasteiger partial charge in [0, 0.05) is 19.1 Å². The number of carbonyl (C=O) groups is 1. The summed E-state index contributed by atoms with van der Waals surface area (Å²) in [6, 6.07) is 5.30. The van der Waals surface area contributed by atoms with E-state index >= 15 is 0 Å². The first-order chi connectivity index (χ1) is 11.8. The van der Waals surface area contributed by atoms with Crippen LogP contribution < -0.4 is 4.90 Å². The minimum Gasteiger partial charge on any atom is -0.480 e. The molecule has 1 aromatic carbocycles. The van der Waals surface area contributed by atoms with Crippen LogP contribution >= 0.6 is 0 Å². The molecule has 0 aromatic heterocycles.